The highest BCUT2D eigenvalue weighted by Gasteiger charge is 2.57. The van der Waals surface area contributed by atoms with Gasteiger partial charge in [0.1, 0.15) is 12.4 Å². The first kappa shape index (κ1) is 27.6. The van der Waals surface area contributed by atoms with Gasteiger partial charge in [0.25, 0.3) is 0 Å². The summed E-state index contributed by atoms with van der Waals surface area (Å²) >= 11 is 0. The minimum Gasteiger partial charge on any atom is -0.396 e. The van der Waals surface area contributed by atoms with Crippen LogP contribution in [0.3, 0.4) is 0 Å². The molecule has 2 aromatic carbocycles. The highest BCUT2D eigenvalue weighted by atomic mass is 19.1. The SMILES string of the molecule is COCC[N+]1(C(=O)[C@H]2CCCNC2)CC[C@](CCO)(c2cccc(F)c2C)[C@@H](C(=O)c2ccccc2)C1. The normalized spacial score (nSPS) is 28.1. The number of carbonyl (C=O) groups is 2. The molecule has 37 heavy (non-hydrogen) atoms. The number of carbonyl (C=O) groups excluding carboxylic acids is 2. The first-order valence-corrected chi connectivity index (χ1v) is 13.4. The molecule has 4 atom stereocenters. The summed E-state index contributed by atoms with van der Waals surface area (Å²) in [4.78, 5) is 28.4. The summed E-state index contributed by atoms with van der Waals surface area (Å²) in [7, 11) is 1.63. The van der Waals surface area contributed by atoms with E-state index in [0.29, 0.717) is 56.8 Å². The Labute approximate surface area is 219 Å². The van der Waals surface area contributed by atoms with E-state index in [2.05, 4.69) is 5.32 Å². The summed E-state index contributed by atoms with van der Waals surface area (Å²) in [5, 5.41) is 13.6. The molecule has 1 unspecified atom stereocenters. The predicted molar refractivity (Wildman–Crippen MR) is 141 cm³/mol. The molecule has 2 aromatic rings. The number of benzene rings is 2. The van der Waals surface area contributed by atoms with Crippen molar-refractivity contribution < 1.29 is 28.3 Å². The molecule has 4 rings (SSSR count). The quantitative estimate of drug-likeness (QED) is 0.397. The number of piperidine rings is 2. The molecular formula is C30H40FN2O4+. The van der Waals surface area contributed by atoms with Crippen molar-refractivity contribution in [2.24, 2.45) is 11.8 Å². The molecule has 2 aliphatic rings. The van der Waals surface area contributed by atoms with Crippen molar-refractivity contribution in [1.82, 2.24) is 5.32 Å². The molecule has 7 heteroatoms. The van der Waals surface area contributed by atoms with Gasteiger partial charge < -0.3 is 15.2 Å². The van der Waals surface area contributed by atoms with E-state index < -0.39 is 11.3 Å². The molecule has 0 bridgehead atoms. The minimum absolute atomic E-state index is 0.0631. The van der Waals surface area contributed by atoms with E-state index in [0.717, 1.165) is 24.9 Å². The second kappa shape index (κ2) is 11.9. The standard InChI is InChI=1S/C30H40FN2O4/c1-22-25(11-6-12-27(22)31)30(14-18-34)13-16-33(17-19-37-2,29(36)24-10-7-15-32-20-24)21-26(30)28(35)23-8-4-3-5-9-23/h3-6,8-9,11-12,24,26,32,34H,7,10,13-21H2,1-2H3/q+1/t24-,26+,30-,33?/m0/s1. The third kappa shape index (κ3) is 5.41. The van der Waals surface area contributed by atoms with Gasteiger partial charge in [-0.3, -0.25) is 9.28 Å². The second-order valence-electron chi connectivity index (χ2n) is 10.7. The zero-order chi connectivity index (χ0) is 26.5. The molecule has 2 heterocycles. The lowest BCUT2D eigenvalue weighted by Gasteiger charge is -2.52. The van der Waals surface area contributed by atoms with Gasteiger partial charge in [-0.1, -0.05) is 42.5 Å². The summed E-state index contributed by atoms with van der Waals surface area (Å²) in [6.07, 6.45) is 2.60. The van der Waals surface area contributed by atoms with E-state index in [-0.39, 0.29) is 34.5 Å². The number of hydrogen-bond donors (Lipinski definition) is 2. The van der Waals surface area contributed by atoms with Gasteiger partial charge in [-0.15, -0.1) is 0 Å². The van der Waals surface area contributed by atoms with Gasteiger partial charge >= 0.3 is 5.91 Å². The number of aliphatic hydroxyl groups excluding tert-OH is 1. The van der Waals surface area contributed by atoms with Crippen LogP contribution in [0.1, 0.15) is 47.2 Å². The maximum absolute atomic E-state index is 14.9. The molecule has 2 N–H and O–H groups in total. The van der Waals surface area contributed by atoms with Crippen molar-refractivity contribution in [2.45, 2.75) is 38.0 Å². The number of likely N-dealkylation sites (tertiary alicyclic amines) is 1. The lowest BCUT2D eigenvalue weighted by molar-refractivity contribution is -0.866. The van der Waals surface area contributed by atoms with Gasteiger partial charge in [-0.25, -0.2) is 9.18 Å². The summed E-state index contributed by atoms with van der Waals surface area (Å²) in [5.41, 5.74) is 1.05. The molecule has 2 aliphatic heterocycles. The number of Topliss-reactive ketones (excluding diaryl/α,β-unsaturated/α-hetero) is 1. The zero-order valence-corrected chi connectivity index (χ0v) is 22.0. The number of methoxy groups -OCH3 is 1. The molecule has 2 saturated heterocycles. The monoisotopic (exact) mass is 511 g/mol. The average Bonchev–Trinajstić information content (AvgIpc) is 2.94. The van der Waals surface area contributed by atoms with Crippen molar-refractivity contribution in [3.8, 4) is 0 Å². The van der Waals surface area contributed by atoms with E-state index >= 15 is 0 Å². The van der Waals surface area contributed by atoms with Crippen LogP contribution in [0, 0.1) is 24.6 Å². The Kier molecular flexibility index (Phi) is 8.90. The number of nitrogens with one attached hydrogen (secondary N) is 1. The number of aliphatic hydroxyl groups is 1. The van der Waals surface area contributed by atoms with Gasteiger partial charge in [-0.2, -0.15) is 0 Å². The van der Waals surface area contributed by atoms with E-state index in [9.17, 15) is 19.1 Å². The number of rotatable bonds is 9. The summed E-state index contributed by atoms with van der Waals surface area (Å²) < 4.78 is 20.5. The second-order valence-corrected chi connectivity index (χ2v) is 10.7. The highest BCUT2D eigenvalue weighted by Crippen LogP contribution is 2.48. The molecule has 0 saturated carbocycles. The average molecular weight is 512 g/mol. The summed E-state index contributed by atoms with van der Waals surface area (Å²) in [6, 6.07) is 14.1. The molecule has 1 amide bonds. The number of nitrogens with zero attached hydrogens (tertiary/aromatic N) is 1. The Balaban J connectivity index is 1.84. The fourth-order valence-electron chi connectivity index (χ4n) is 6.67. The van der Waals surface area contributed by atoms with Crippen LogP contribution in [0.25, 0.3) is 0 Å². The number of quaternary nitrogens is 1. The molecule has 0 aliphatic carbocycles. The van der Waals surface area contributed by atoms with E-state index in [1.54, 1.807) is 32.2 Å². The van der Waals surface area contributed by atoms with Crippen molar-refractivity contribution in [2.75, 3.05) is 53.0 Å². The van der Waals surface area contributed by atoms with Crippen LogP contribution in [0.5, 0.6) is 0 Å². The van der Waals surface area contributed by atoms with Gasteiger partial charge in [-0.05, 0) is 49.9 Å². The molecular weight excluding hydrogens is 471 g/mol. The van der Waals surface area contributed by atoms with Crippen molar-refractivity contribution in [3.63, 3.8) is 0 Å². The minimum atomic E-state index is -0.784. The lowest BCUT2D eigenvalue weighted by Crippen LogP contribution is -2.67. The number of ketones is 1. The molecule has 200 valence electrons. The Morgan fingerprint density at radius 2 is 1.97 bits per heavy atom. The Bertz CT molecular complexity index is 1090. The van der Waals surface area contributed by atoms with Crippen LogP contribution >= 0.6 is 0 Å². The number of amides is 1. The zero-order valence-electron chi connectivity index (χ0n) is 22.0. The third-order valence-electron chi connectivity index (χ3n) is 8.76. The number of halogens is 1. The molecule has 2 fully saturated rings. The van der Waals surface area contributed by atoms with E-state index in [1.807, 2.05) is 24.3 Å². The molecule has 0 radical (unpaired) electrons. The predicted octanol–water partition coefficient (Wildman–Crippen LogP) is 3.65. The highest BCUT2D eigenvalue weighted by molar-refractivity contribution is 5.99. The number of ether oxygens (including phenoxy) is 1. The largest absolute Gasteiger partial charge is 0.396 e. The van der Waals surface area contributed by atoms with Crippen molar-refractivity contribution >= 4 is 11.7 Å². The maximum atomic E-state index is 14.9. The van der Waals surface area contributed by atoms with E-state index in [4.69, 9.17) is 4.74 Å². The van der Waals surface area contributed by atoms with Crippen LogP contribution in [0.15, 0.2) is 48.5 Å². The van der Waals surface area contributed by atoms with Crippen molar-refractivity contribution in [3.05, 3.63) is 71.0 Å². The smallest absolute Gasteiger partial charge is 0.318 e. The van der Waals surface area contributed by atoms with Gasteiger partial charge in [0.05, 0.1) is 31.5 Å². The summed E-state index contributed by atoms with van der Waals surface area (Å²) in [5.74, 6) is -0.945. The fraction of sp³-hybridized carbons (Fsp3) is 0.533. The van der Waals surface area contributed by atoms with Crippen LogP contribution in [0.4, 0.5) is 4.39 Å². The molecule has 6 nitrogen and oxygen atoms in total. The topological polar surface area (TPSA) is 75.6 Å². The Hall–Kier alpha value is -2.45. The van der Waals surface area contributed by atoms with Crippen LogP contribution in [-0.4, -0.2) is 74.3 Å². The van der Waals surface area contributed by atoms with Gasteiger partial charge in [0, 0.05) is 37.7 Å². The Morgan fingerprint density at radius 3 is 2.65 bits per heavy atom. The Morgan fingerprint density at radius 1 is 1.19 bits per heavy atom. The van der Waals surface area contributed by atoms with Gasteiger partial charge in [0.15, 0.2) is 5.78 Å². The molecule has 0 aromatic heterocycles. The van der Waals surface area contributed by atoms with Crippen LogP contribution in [-0.2, 0) is 14.9 Å². The van der Waals surface area contributed by atoms with Gasteiger partial charge in [0.2, 0.25) is 0 Å². The maximum Gasteiger partial charge on any atom is 0.318 e. The van der Waals surface area contributed by atoms with Crippen LogP contribution < -0.4 is 5.32 Å². The van der Waals surface area contributed by atoms with Crippen LogP contribution in [0.2, 0.25) is 0 Å². The lowest BCUT2D eigenvalue weighted by atomic mass is 9.60. The molecule has 0 spiro atoms. The fourth-order valence-corrected chi connectivity index (χ4v) is 6.67. The first-order chi connectivity index (χ1) is 17.9. The first-order valence-electron chi connectivity index (χ1n) is 13.4. The van der Waals surface area contributed by atoms with Crippen molar-refractivity contribution in [1.29, 1.82) is 0 Å². The van der Waals surface area contributed by atoms with E-state index in [1.165, 1.54) is 6.07 Å². The summed E-state index contributed by atoms with van der Waals surface area (Å²) in [6.45, 7) is 4.90. The third-order valence-corrected chi connectivity index (χ3v) is 8.76. The number of hydrogen-bond acceptors (Lipinski definition) is 5.